The van der Waals surface area contributed by atoms with Gasteiger partial charge < -0.3 is 4.57 Å². The second kappa shape index (κ2) is 2.45. The smallest absolute Gasteiger partial charge is 0.320 e. The fourth-order valence-corrected chi connectivity index (χ4v) is 1.34. The van der Waals surface area contributed by atoms with Gasteiger partial charge >= 0.3 is 5.69 Å². The monoisotopic (exact) mass is 151 g/mol. The predicted octanol–water partition coefficient (Wildman–Crippen LogP) is -0.0254. The average Bonchev–Trinajstić information content (AvgIpc) is 2.04. The number of fused-ring (bicyclic) bond motifs is 1. The molecular weight excluding hydrogens is 142 g/mol. The average molecular weight is 151 g/mol. The second-order valence-corrected chi connectivity index (χ2v) is 2.71. The lowest BCUT2D eigenvalue weighted by Crippen LogP contribution is -2.22. The van der Waals surface area contributed by atoms with Crippen molar-refractivity contribution < 1.29 is 0 Å². The van der Waals surface area contributed by atoms with E-state index < -0.39 is 0 Å². The molecule has 1 aromatic rings. The SMILES string of the molecule is O=c1ncn2c(n1)CCCC2. The first kappa shape index (κ1) is 6.52. The van der Waals surface area contributed by atoms with Crippen molar-refractivity contribution in [2.75, 3.05) is 0 Å². The van der Waals surface area contributed by atoms with Crippen molar-refractivity contribution in [1.82, 2.24) is 14.5 Å². The van der Waals surface area contributed by atoms with Gasteiger partial charge in [-0.3, -0.25) is 0 Å². The molecule has 1 aliphatic rings. The molecule has 0 aromatic carbocycles. The van der Waals surface area contributed by atoms with E-state index in [4.69, 9.17) is 0 Å². The molecule has 0 aliphatic carbocycles. The lowest BCUT2D eigenvalue weighted by atomic mass is 10.2. The molecule has 58 valence electrons. The maximum Gasteiger partial charge on any atom is 0.370 e. The zero-order chi connectivity index (χ0) is 7.68. The van der Waals surface area contributed by atoms with E-state index in [-0.39, 0.29) is 5.69 Å². The second-order valence-electron chi connectivity index (χ2n) is 2.71. The molecule has 0 amide bonds. The highest BCUT2D eigenvalue weighted by Gasteiger charge is 2.07. The topological polar surface area (TPSA) is 47.8 Å². The standard InChI is InChI=1S/C7H9N3O/c11-7-8-5-10-4-2-1-3-6(10)9-7/h5H,1-4H2. The molecule has 0 N–H and O–H groups in total. The Morgan fingerprint density at radius 2 is 2.36 bits per heavy atom. The Kier molecular flexibility index (Phi) is 1.45. The molecule has 0 bridgehead atoms. The molecule has 0 fully saturated rings. The fraction of sp³-hybridized carbons (Fsp3) is 0.571. The van der Waals surface area contributed by atoms with E-state index in [9.17, 15) is 4.79 Å². The zero-order valence-corrected chi connectivity index (χ0v) is 6.16. The molecule has 11 heavy (non-hydrogen) atoms. The molecular formula is C7H9N3O. The first-order valence-corrected chi connectivity index (χ1v) is 3.78. The Balaban J connectivity index is 2.51. The molecule has 0 radical (unpaired) electrons. The Bertz CT molecular complexity index is 318. The van der Waals surface area contributed by atoms with Crippen LogP contribution in [0.4, 0.5) is 0 Å². The molecule has 2 heterocycles. The summed E-state index contributed by atoms with van der Waals surface area (Å²) in [4.78, 5) is 18.1. The zero-order valence-electron chi connectivity index (χ0n) is 6.16. The van der Waals surface area contributed by atoms with Crippen molar-refractivity contribution in [2.45, 2.75) is 25.8 Å². The Morgan fingerprint density at radius 1 is 1.45 bits per heavy atom. The van der Waals surface area contributed by atoms with Gasteiger partial charge in [0.25, 0.3) is 0 Å². The van der Waals surface area contributed by atoms with Crippen LogP contribution in [0.15, 0.2) is 11.1 Å². The fourth-order valence-electron chi connectivity index (χ4n) is 1.34. The van der Waals surface area contributed by atoms with Crippen LogP contribution in [0.25, 0.3) is 0 Å². The Labute approximate surface area is 63.9 Å². The van der Waals surface area contributed by atoms with Crippen molar-refractivity contribution in [1.29, 1.82) is 0 Å². The highest BCUT2D eigenvalue weighted by molar-refractivity contribution is 4.89. The van der Waals surface area contributed by atoms with E-state index in [0.29, 0.717) is 0 Å². The van der Waals surface area contributed by atoms with Crippen LogP contribution in [0.2, 0.25) is 0 Å². The number of aryl methyl sites for hydroxylation is 2. The van der Waals surface area contributed by atoms with Crippen molar-refractivity contribution in [2.24, 2.45) is 0 Å². The van der Waals surface area contributed by atoms with Crippen LogP contribution in [0.3, 0.4) is 0 Å². The Hall–Kier alpha value is -1.19. The minimum atomic E-state index is -0.363. The summed E-state index contributed by atoms with van der Waals surface area (Å²) < 4.78 is 1.95. The molecule has 0 saturated heterocycles. The maximum absolute atomic E-state index is 10.7. The van der Waals surface area contributed by atoms with Gasteiger partial charge in [-0.2, -0.15) is 9.97 Å². The molecule has 0 spiro atoms. The minimum Gasteiger partial charge on any atom is -0.320 e. The summed E-state index contributed by atoms with van der Waals surface area (Å²) in [5, 5.41) is 0. The van der Waals surface area contributed by atoms with Crippen molar-refractivity contribution in [3.63, 3.8) is 0 Å². The highest BCUT2D eigenvalue weighted by Crippen LogP contribution is 2.08. The van der Waals surface area contributed by atoms with Gasteiger partial charge in [-0.1, -0.05) is 0 Å². The third-order valence-electron chi connectivity index (χ3n) is 1.91. The minimum absolute atomic E-state index is 0.363. The number of hydrogen-bond donors (Lipinski definition) is 0. The summed E-state index contributed by atoms with van der Waals surface area (Å²) in [6.07, 6.45) is 4.80. The summed E-state index contributed by atoms with van der Waals surface area (Å²) >= 11 is 0. The van der Waals surface area contributed by atoms with Gasteiger partial charge in [-0.25, -0.2) is 4.79 Å². The van der Waals surface area contributed by atoms with Gasteiger partial charge in [0.15, 0.2) is 0 Å². The van der Waals surface area contributed by atoms with Gasteiger partial charge in [0.05, 0.1) is 0 Å². The predicted molar refractivity (Wildman–Crippen MR) is 39.2 cm³/mol. The van der Waals surface area contributed by atoms with E-state index in [0.717, 1.165) is 25.2 Å². The molecule has 0 unspecified atom stereocenters. The normalized spacial score (nSPS) is 16.0. The van der Waals surface area contributed by atoms with Crippen molar-refractivity contribution in [3.8, 4) is 0 Å². The molecule has 4 heteroatoms. The van der Waals surface area contributed by atoms with E-state index >= 15 is 0 Å². The van der Waals surface area contributed by atoms with Crippen molar-refractivity contribution >= 4 is 0 Å². The van der Waals surface area contributed by atoms with Gasteiger partial charge in [0.1, 0.15) is 12.2 Å². The van der Waals surface area contributed by atoms with Crippen LogP contribution in [0.5, 0.6) is 0 Å². The molecule has 0 saturated carbocycles. The highest BCUT2D eigenvalue weighted by atomic mass is 16.1. The van der Waals surface area contributed by atoms with Gasteiger partial charge in [0.2, 0.25) is 0 Å². The van der Waals surface area contributed by atoms with Gasteiger partial charge in [0, 0.05) is 13.0 Å². The van der Waals surface area contributed by atoms with Gasteiger partial charge in [-0.05, 0) is 12.8 Å². The largest absolute Gasteiger partial charge is 0.370 e. The first-order chi connectivity index (χ1) is 5.36. The first-order valence-electron chi connectivity index (χ1n) is 3.78. The molecule has 1 aromatic heterocycles. The number of hydrogen-bond acceptors (Lipinski definition) is 3. The quantitative estimate of drug-likeness (QED) is 0.523. The summed E-state index contributed by atoms with van der Waals surface area (Å²) in [7, 11) is 0. The molecule has 0 atom stereocenters. The summed E-state index contributed by atoms with van der Waals surface area (Å²) in [5.41, 5.74) is -0.363. The van der Waals surface area contributed by atoms with Crippen LogP contribution in [-0.4, -0.2) is 14.5 Å². The lowest BCUT2D eigenvalue weighted by Gasteiger charge is -2.15. The summed E-state index contributed by atoms with van der Waals surface area (Å²) in [6.45, 7) is 0.954. The van der Waals surface area contributed by atoms with E-state index in [1.165, 1.54) is 6.42 Å². The number of rotatable bonds is 0. The van der Waals surface area contributed by atoms with E-state index in [1.807, 2.05) is 4.57 Å². The maximum atomic E-state index is 10.7. The number of nitrogens with zero attached hydrogens (tertiary/aromatic N) is 3. The molecule has 1 aliphatic heterocycles. The van der Waals surface area contributed by atoms with Gasteiger partial charge in [-0.15, -0.1) is 0 Å². The molecule has 4 nitrogen and oxygen atoms in total. The van der Waals surface area contributed by atoms with Crippen molar-refractivity contribution in [3.05, 3.63) is 22.6 Å². The number of aromatic nitrogens is 3. The van der Waals surface area contributed by atoms with E-state index in [2.05, 4.69) is 9.97 Å². The summed E-state index contributed by atoms with van der Waals surface area (Å²) in [6, 6.07) is 0. The van der Waals surface area contributed by atoms with E-state index in [1.54, 1.807) is 6.33 Å². The van der Waals surface area contributed by atoms with Crippen LogP contribution in [0.1, 0.15) is 18.7 Å². The van der Waals surface area contributed by atoms with Crippen LogP contribution < -0.4 is 5.69 Å². The summed E-state index contributed by atoms with van der Waals surface area (Å²) in [5.74, 6) is 0.885. The lowest BCUT2D eigenvalue weighted by molar-refractivity contribution is 0.494. The third-order valence-corrected chi connectivity index (χ3v) is 1.91. The van der Waals surface area contributed by atoms with Crippen LogP contribution >= 0.6 is 0 Å². The molecule has 2 rings (SSSR count). The van der Waals surface area contributed by atoms with Crippen LogP contribution in [-0.2, 0) is 13.0 Å². The van der Waals surface area contributed by atoms with Crippen LogP contribution in [0, 0.1) is 0 Å². The third kappa shape index (κ3) is 1.15. The Morgan fingerprint density at radius 3 is 3.27 bits per heavy atom.